The van der Waals surface area contributed by atoms with Crippen LogP contribution in [-0.4, -0.2) is 15.1 Å². The van der Waals surface area contributed by atoms with Crippen molar-refractivity contribution in [1.82, 2.24) is 20.4 Å². The molecule has 20 heavy (non-hydrogen) atoms. The first kappa shape index (κ1) is 12.7. The summed E-state index contributed by atoms with van der Waals surface area (Å²) in [6.07, 6.45) is 0. The molecular formula is C14H16N4O2. The van der Waals surface area contributed by atoms with Crippen molar-refractivity contribution in [3.63, 3.8) is 0 Å². The van der Waals surface area contributed by atoms with Crippen LogP contribution in [0.15, 0.2) is 33.6 Å². The van der Waals surface area contributed by atoms with E-state index >= 15 is 0 Å². The van der Waals surface area contributed by atoms with Gasteiger partial charge in [0, 0.05) is 18.7 Å². The molecule has 1 unspecified atom stereocenters. The van der Waals surface area contributed by atoms with Crippen LogP contribution in [0.25, 0.3) is 11.0 Å². The summed E-state index contributed by atoms with van der Waals surface area (Å²) < 4.78 is 5.03. The van der Waals surface area contributed by atoms with Gasteiger partial charge in [-0.15, -0.1) is 0 Å². The molecule has 3 rings (SSSR count). The molecule has 0 amide bonds. The lowest BCUT2D eigenvalue weighted by molar-refractivity contribution is 0.386. The third-order valence-electron chi connectivity index (χ3n) is 3.31. The van der Waals surface area contributed by atoms with E-state index in [1.807, 2.05) is 31.2 Å². The van der Waals surface area contributed by atoms with Gasteiger partial charge in [-0.25, -0.2) is 4.79 Å². The molecule has 2 aromatic heterocycles. The number of aromatic nitrogens is 3. The van der Waals surface area contributed by atoms with Gasteiger partial charge in [-0.3, -0.25) is 0 Å². The lowest BCUT2D eigenvalue weighted by atomic mass is 10.1. The molecule has 0 aliphatic carbocycles. The lowest BCUT2D eigenvalue weighted by Crippen LogP contribution is -2.18. The molecule has 0 bridgehead atoms. The summed E-state index contributed by atoms with van der Waals surface area (Å²) in [7, 11) is 0. The zero-order valence-corrected chi connectivity index (χ0v) is 11.4. The van der Waals surface area contributed by atoms with Crippen molar-refractivity contribution in [3.8, 4) is 0 Å². The second-order valence-corrected chi connectivity index (χ2v) is 4.92. The van der Waals surface area contributed by atoms with Gasteiger partial charge in [0.15, 0.2) is 0 Å². The van der Waals surface area contributed by atoms with Crippen LogP contribution in [0, 0.1) is 6.92 Å². The van der Waals surface area contributed by atoms with Crippen LogP contribution in [0.1, 0.15) is 30.0 Å². The van der Waals surface area contributed by atoms with Gasteiger partial charge < -0.3 is 19.8 Å². The molecule has 0 fully saturated rings. The van der Waals surface area contributed by atoms with Gasteiger partial charge in [-0.2, -0.15) is 0 Å². The molecule has 6 nitrogen and oxygen atoms in total. The second-order valence-electron chi connectivity index (χ2n) is 4.92. The van der Waals surface area contributed by atoms with Gasteiger partial charge in [0.2, 0.25) is 0 Å². The molecule has 0 radical (unpaired) electrons. The highest BCUT2D eigenvalue weighted by Gasteiger charge is 2.08. The Morgan fingerprint density at radius 2 is 2.10 bits per heavy atom. The minimum Gasteiger partial charge on any atom is -0.361 e. The molecule has 1 aromatic carbocycles. The Morgan fingerprint density at radius 3 is 2.85 bits per heavy atom. The highest BCUT2D eigenvalue weighted by atomic mass is 16.5. The Bertz CT molecular complexity index is 784. The van der Waals surface area contributed by atoms with E-state index in [1.165, 1.54) is 0 Å². The molecule has 3 aromatic rings. The SMILES string of the molecule is Cc1cc(CNC(C)c2ccc3[nH]c(=O)[nH]c3c2)no1. The molecule has 0 aliphatic rings. The van der Waals surface area contributed by atoms with Gasteiger partial charge >= 0.3 is 5.69 Å². The molecular weight excluding hydrogens is 256 g/mol. The van der Waals surface area contributed by atoms with Crippen molar-refractivity contribution < 1.29 is 4.52 Å². The second kappa shape index (κ2) is 4.97. The normalized spacial score (nSPS) is 12.9. The number of nitrogens with zero attached hydrogens (tertiary/aromatic N) is 1. The number of nitrogens with one attached hydrogen (secondary N) is 3. The van der Waals surface area contributed by atoms with E-state index in [-0.39, 0.29) is 11.7 Å². The highest BCUT2D eigenvalue weighted by Crippen LogP contribution is 2.17. The van der Waals surface area contributed by atoms with Crippen molar-refractivity contribution in [3.05, 3.63) is 51.8 Å². The van der Waals surface area contributed by atoms with Crippen molar-refractivity contribution in [2.45, 2.75) is 26.4 Å². The first-order valence-corrected chi connectivity index (χ1v) is 6.49. The largest absolute Gasteiger partial charge is 0.361 e. The molecule has 104 valence electrons. The zero-order valence-electron chi connectivity index (χ0n) is 11.4. The van der Waals surface area contributed by atoms with Crippen molar-refractivity contribution in [2.24, 2.45) is 0 Å². The van der Waals surface area contributed by atoms with E-state index < -0.39 is 0 Å². The maximum atomic E-state index is 11.2. The Labute approximate surface area is 115 Å². The predicted molar refractivity (Wildman–Crippen MR) is 75.4 cm³/mol. The van der Waals surface area contributed by atoms with E-state index in [0.29, 0.717) is 6.54 Å². The molecule has 3 N–H and O–H groups in total. The van der Waals surface area contributed by atoms with Gasteiger partial charge in [0.1, 0.15) is 5.76 Å². The number of H-pyrrole nitrogens is 2. The monoisotopic (exact) mass is 272 g/mol. The van der Waals surface area contributed by atoms with Crippen LogP contribution in [0.3, 0.4) is 0 Å². The van der Waals surface area contributed by atoms with Gasteiger partial charge in [-0.1, -0.05) is 11.2 Å². The van der Waals surface area contributed by atoms with Crippen LogP contribution >= 0.6 is 0 Å². The summed E-state index contributed by atoms with van der Waals surface area (Å²) in [5.74, 6) is 0.806. The van der Waals surface area contributed by atoms with Crippen LogP contribution in [0.5, 0.6) is 0 Å². The number of aromatic amines is 2. The van der Waals surface area contributed by atoms with Gasteiger partial charge in [0.05, 0.1) is 16.7 Å². The number of hydrogen-bond donors (Lipinski definition) is 3. The first-order chi connectivity index (χ1) is 9.61. The smallest absolute Gasteiger partial charge is 0.323 e. The molecule has 0 saturated heterocycles. The van der Waals surface area contributed by atoms with E-state index in [1.54, 1.807) is 0 Å². The number of hydrogen-bond acceptors (Lipinski definition) is 4. The summed E-state index contributed by atoms with van der Waals surface area (Å²) in [5.41, 5.74) is 3.44. The Hall–Kier alpha value is -2.34. The third-order valence-corrected chi connectivity index (χ3v) is 3.31. The number of rotatable bonds is 4. The third kappa shape index (κ3) is 2.50. The van der Waals surface area contributed by atoms with E-state index in [4.69, 9.17) is 4.52 Å². The standard InChI is InChI=1S/C14H16N4O2/c1-8-5-11(18-20-8)7-15-9(2)10-3-4-12-13(6-10)17-14(19)16-12/h3-6,9,15H,7H2,1-2H3,(H2,16,17,19). The van der Waals surface area contributed by atoms with Crippen molar-refractivity contribution in [2.75, 3.05) is 0 Å². The highest BCUT2D eigenvalue weighted by molar-refractivity contribution is 5.75. The van der Waals surface area contributed by atoms with Crippen LogP contribution in [0.2, 0.25) is 0 Å². The number of fused-ring (bicyclic) bond motifs is 1. The van der Waals surface area contributed by atoms with Crippen LogP contribution < -0.4 is 11.0 Å². The minimum absolute atomic E-state index is 0.148. The first-order valence-electron chi connectivity index (χ1n) is 6.49. The number of imidazole rings is 1. The van der Waals surface area contributed by atoms with E-state index in [2.05, 4.69) is 27.4 Å². The summed E-state index contributed by atoms with van der Waals surface area (Å²) in [6, 6.07) is 7.93. The predicted octanol–water partition coefficient (Wildman–Crippen LogP) is 2.00. The van der Waals surface area contributed by atoms with E-state index in [9.17, 15) is 4.79 Å². The molecule has 0 aliphatic heterocycles. The summed E-state index contributed by atoms with van der Waals surface area (Å²) in [6.45, 7) is 4.58. The Kier molecular flexibility index (Phi) is 3.15. The summed E-state index contributed by atoms with van der Waals surface area (Å²) >= 11 is 0. The molecule has 1 atom stereocenters. The maximum absolute atomic E-state index is 11.2. The quantitative estimate of drug-likeness (QED) is 0.678. The molecule has 0 saturated carbocycles. The van der Waals surface area contributed by atoms with Gasteiger partial charge in [0.25, 0.3) is 0 Å². The fourth-order valence-electron chi connectivity index (χ4n) is 2.20. The maximum Gasteiger partial charge on any atom is 0.323 e. The number of benzene rings is 1. The van der Waals surface area contributed by atoms with Crippen LogP contribution in [-0.2, 0) is 6.54 Å². The minimum atomic E-state index is -0.184. The summed E-state index contributed by atoms with van der Waals surface area (Å²) in [5, 5.41) is 7.32. The fraction of sp³-hybridized carbons (Fsp3) is 0.286. The van der Waals surface area contributed by atoms with Crippen molar-refractivity contribution in [1.29, 1.82) is 0 Å². The molecule has 2 heterocycles. The number of aryl methyl sites for hydroxylation is 1. The Balaban J connectivity index is 1.74. The average molecular weight is 272 g/mol. The topological polar surface area (TPSA) is 86.7 Å². The molecule has 6 heteroatoms. The zero-order chi connectivity index (χ0) is 14.1. The van der Waals surface area contributed by atoms with E-state index in [0.717, 1.165) is 28.1 Å². The molecule has 0 spiro atoms. The average Bonchev–Trinajstić information content (AvgIpc) is 2.99. The Morgan fingerprint density at radius 1 is 1.30 bits per heavy atom. The van der Waals surface area contributed by atoms with Crippen LogP contribution in [0.4, 0.5) is 0 Å². The van der Waals surface area contributed by atoms with Crippen molar-refractivity contribution >= 4 is 11.0 Å². The summed E-state index contributed by atoms with van der Waals surface area (Å²) in [4.78, 5) is 16.7. The van der Waals surface area contributed by atoms with Gasteiger partial charge in [-0.05, 0) is 31.5 Å². The fourth-order valence-corrected chi connectivity index (χ4v) is 2.20. The lowest BCUT2D eigenvalue weighted by Gasteiger charge is -2.13.